The molecule has 5 rings (SSSR count). The van der Waals surface area contributed by atoms with Gasteiger partial charge in [-0.05, 0) is 52.9 Å². The molecular weight excluding hydrogens is 390 g/mol. The van der Waals surface area contributed by atoms with Crippen molar-refractivity contribution in [2.24, 2.45) is 0 Å². The molecule has 0 radical (unpaired) electrons. The van der Waals surface area contributed by atoms with E-state index in [1.807, 2.05) is 42.5 Å². The van der Waals surface area contributed by atoms with E-state index in [-0.39, 0.29) is 18.5 Å². The van der Waals surface area contributed by atoms with E-state index in [0.717, 1.165) is 17.8 Å². The lowest BCUT2D eigenvalue weighted by atomic mass is 10.1. The molecule has 1 N–H and O–H groups in total. The van der Waals surface area contributed by atoms with Gasteiger partial charge in [-0.15, -0.1) is 0 Å². The molecule has 1 aliphatic heterocycles. The van der Waals surface area contributed by atoms with E-state index >= 15 is 0 Å². The van der Waals surface area contributed by atoms with E-state index in [1.54, 1.807) is 16.9 Å². The van der Waals surface area contributed by atoms with Gasteiger partial charge in [0.2, 0.25) is 5.91 Å². The van der Waals surface area contributed by atoms with Crippen LogP contribution in [0, 0.1) is 0 Å². The molecule has 1 fully saturated rings. The molecular formula is C25H23N3O3. The monoisotopic (exact) mass is 413 g/mol. The minimum Gasteiger partial charge on any atom is -0.495 e. The molecule has 31 heavy (non-hydrogen) atoms. The van der Waals surface area contributed by atoms with Crippen molar-refractivity contribution in [3.8, 4) is 16.9 Å². The van der Waals surface area contributed by atoms with Crippen LogP contribution in [0.4, 0.5) is 16.2 Å². The molecule has 3 aromatic carbocycles. The van der Waals surface area contributed by atoms with Gasteiger partial charge in [-0.2, -0.15) is 0 Å². The summed E-state index contributed by atoms with van der Waals surface area (Å²) >= 11 is 0. The number of benzene rings is 3. The Bertz CT molecular complexity index is 1170. The zero-order chi connectivity index (χ0) is 21.4. The highest BCUT2D eigenvalue weighted by atomic mass is 16.5. The van der Waals surface area contributed by atoms with Gasteiger partial charge in [0, 0.05) is 18.8 Å². The van der Waals surface area contributed by atoms with E-state index in [1.165, 1.54) is 22.3 Å². The Morgan fingerprint density at radius 2 is 1.74 bits per heavy atom. The molecule has 0 atom stereocenters. The number of amides is 3. The van der Waals surface area contributed by atoms with Gasteiger partial charge in [-0.1, -0.05) is 42.5 Å². The second kappa shape index (κ2) is 7.80. The molecule has 6 heteroatoms. The Balaban J connectivity index is 1.25. The first-order valence-corrected chi connectivity index (χ1v) is 10.3. The minimum absolute atomic E-state index is 0.0157. The maximum atomic E-state index is 12.9. The Morgan fingerprint density at radius 1 is 0.968 bits per heavy atom. The van der Waals surface area contributed by atoms with Crippen molar-refractivity contribution in [2.75, 3.05) is 37.0 Å². The summed E-state index contributed by atoms with van der Waals surface area (Å²) in [5.41, 5.74) is 6.46. The number of rotatable bonds is 5. The minimum atomic E-state index is -0.203. The summed E-state index contributed by atoms with van der Waals surface area (Å²) in [5.74, 6) is 0.437. The third-order valence-electron chi connectivity index (χ3n) is 5.88. The number of carbonyl (C=O) groups is 2. The van der Waals surface area contributed by atoms with Crippen LogP contribution in [0.2, 0.25) is 0 Å². The predicted octanol–water partition coefficient (Wildman–Crippen LogP) is 4.15. The molecule has 3 amide bonds. The molecule has 0 aromatic heterocycles. The van der Waals surface area contributed by atoms with E-state index in [0.29, 0.717) is 18.8 Å². The van der Waals surface area contributed by atoms with Crippen molar-refractivity contribution in [3.05, 3.63) is 77.9 Å². The van der Waals surface area contributed by atoms with Crippen LogP contribution in [0.1, 0.15) is 11.1 Å². The average molecular weight is 413 g/mol. The van der Waals surface area contributed by atoms with Gasteiger partial charge in [-0.3, -0.25) is 9.69 Å². The average Bonchev–Trinajstić information content (AvgIpc) is 3.33. The molecule has 0 saturated carbocycles. The van der Waals surface area contributed by atoms with Crippen LogP contribution in [0.3, 0.4) is 0 Å². The fraction of sp³-hybridized carbons (Fsp3) is 0.200. The van der Waals surface area contributed by atoms with Gasteiger partial charge in [0.1, 0.15) is 12.3 Å². The lowest BCUT2D eigenvalue weighted by Crippen LogP contribution is -2.37. The Labute approximate surface area is 181 Å². The highest BCUT2D eigenvalue weighted by Gasteiger charge is 2.32. The summed E-state index contributed by atoms with van der Waals surface area (Å²) in [6, 6.07) is 21.6. The molecule has 1 heterocycles. The van der Waals surface area contributed by atoms with Crippen LogP contribution < -0.4 is 15.0 Å². The first-order valence-electron chi connectivity index (χ1n) is 10.3. The maximum absolute atomic E-state index is 12.9. The van der Waals surface area contributed by atoms with Crippen LogP contribution in [0.5, 0.6) is 5.75 Å². The van der Waals surface area contributed by atoms with Crippen LogP contribution >= 0.6 is 0 Å². The largest absolute Gasteiger partial charge is 0.495 e. The van der Waals surface area contributed by atoms with Crippen molar-refractivity contribution < 1.29 is 14.3 Å². The van der Waals surface area contributed by atoms with Crippen molar-refractivity contribution in [3.63, 3.8) is 0 Å². The van der Waals surface area contributed by atoms with Crippen molar-refractivity contribution >= 4 is 23.3 Å². The number of hydrogen-bond acceptors (Lipinski definition) is 3. The van der Waals surface area contributed by atoms with E-state index < -0.39 is 0 Å². The van der Waals surface area contributed by atoms with Crippen molar-refractivity contribution in [1.29, 1.82) is 0 Å². The summed E-state index contributed by atoms with van der Waals surface area (Å²) in [7, 11) is 1.58. The van der Waals surface area contributed by atoms with Gasteiger partial charge in [0.25, 0.3) is 0 Å². The van der Waals surface area contributed by atoms with Crippen molar-refractivity contribution in [1.82, 2.24) is 4.90 Å². The molecule has 0 unspecified atom stereocenters. The Morgan fingerprint density at radius 3 is 2.61 bits per heavy atom. The lowest BCUT2D eigenvalue weighted by molar-refractivity contribution is -0.116. The second-order valence-corrected chi connectivity index (χ2v) is 7.78. The predicted molar refractivity (Wildman–Crippen MR) is 121 cm³/mol. The number of para-hydroxylation sites is 2. The number of hydrogen-bond donors (Lipinski definition) is 1. The van der Waals surface area contributed by atoms with Gasteiger partial charge < -0.3 is 15.0 Å². The first kappa shape index (κ1) is 19.2. The lowest BCUT2D eigenvalue weighted by Gasteiger charge is -2.20. The number of methoxy groups -OCH3 is 1. The molecule has 6 nitrogen and oxygen atoms in total. The maximum Gasteiger partial charge on any atom is 0.325 e. The number of carbonyl (C=O) groups excluding carboxylic acids is 2. The van der Waals surface area contributed by atoms with Gasteiger partial charge in [0.05, 0.1) is 12.8 Å². The smallest absolute Gasteiger partial charge is 0.325 e. The number of fused-ring (bicyclic) bond motifs is 3. The summed E-state index contributed by atoms with van der Waals surface area (Å²) < 4.78 is 5.37. The van der Waals surface area contributed by atoms with Crippen LogP contribution in [-0.4, -0.2) is 43.6 Å². The summed E-state index contributed by atoms with van der Waals surface area (Å²) in [5, 5.41) is 2.95. The number of anilines is 2. The van der Waals surface area contributed by atoms with Gasteiger partial charge >= 0.3 is 6.03 Å². The van der Waals surface area contributed by atoms with Crippen LogP contribution in [0.25, 0.3) is 11.1 Å². The fourth-order valence-corrected chi connectivity index (χ4v) is 4.40. The molecule has 0 bridgehead atoms. The van der Waals surface area contributed by atoms with Gasteiger partial charge in [-0.25, -0.2) is 4.79 Å². The molecule has 1 aliphatic carbocycles. The summed E-state index contributed by atoms with van der Waals surface area (Å²) in [6.07, 6.45) is 0.869. The first-order chi connectivity index (χ1) is 15.1. The normalized spacial score (nSPS) is 14.4. The third-order valence-corrected chi connectivity index (χ3v) is 5.88. The SMILES string of the molecule is COc1ccccc1N1CCN(CC(=O)Nc2ccc3c(c2)Cc2ccccc2-3)C1=O. The number of urea groups is 1. The van der Waals surface area contributed by atoms with Gasteiger partial charge in [0.15, 0.2) is 0 Å². The van der Waals surface area contributed by atoms with Crippen molar-refractivity contribution in [2.45, 2.75) is 6.42 Å². The Hall–Kier alpha value is -3.80. The van der Waals surface area contributed by atoms with E-state index in [9.17, 15) is 9.59 Å². The fourth-order valence-electron chi connectivity index (χ4n) is 4.40. The zero-order valence-corrected chi connectivity index (χ0v) is 17.3. The molecule has 2 aliphatic rings. The standard InChI is InChI=1S/C25H23N3O3/c1-31-23-9-5-4-8-22(23)28-13-12-27(25(28)30)16-24(29)26-19-10-11-21-18(15-19)14-17-6-2-3-7-20(17)21/h2-11,15H,12-14,16H2,1H3,(H,26,29). The third kappa shape index (κ3) is 3.50. The highest BCUT2D eigenvalue weighted by molar-refractivity contribution is 6.00. The number of nitrogens with one attached hydrogen (secondary N) is 1. The Kier molecular flexibility index (Phi) is 4.82. The molecule has 156 valence electrons. The van der Waals surface area contributed by atoms with Crippen LogP contribution in [0.15, 0.2) is 66.7 Å². The molecule has 3 aromatic rings. The molecule has 0 spiro atoms. The zero-order valence-electron chi connectivity index (χ0n) is 17.3. The molecule has 1 saturated heterocycles. The second-order valence-electron chi connectivity index (χ2n) is 7.78. The van der Waals surface area contributed by atoms with E-state index in [2.05, 4.69) is 29.6 Å². The number of nitrogens with zero attached hydrogens (tertiary/aromatic N) is 2. The van der Waals surface area contributed by atoms with Crippen LogP contribution in [-0.2, 0) is 11.2 Å². The summed E-state index contributed by atoms with van der Waals surface area (Å²) in [6.45, 7) is 1.02. The quantitative estimate of drug-likeness (QED) is 0.535. The topological polar surface area (TPSA) is 61.9 Å². The highest BCUT2D eigenvalue weighted by Crippen LogP contribution is 2.37. The van der Waals surface area contributed by atoms with E-state index in [4.69, 9.17) is 4.74 Å². The number of ether oxygens (including phenoxy) is 1. The summed E-state index contributed by atoms with van der Waals surface area (Å²) in [4.78, 5) is 28.7.